The van der Waals surface area contributed by atoms with Gasteiger partial charge in [0.15, 0.2) is 0 Å². The molecule has 154 valence electrons. The van der Waals surface area contributed by atoms with Crippen LogP contribution in [0.25, 0.3) is 0 Å². The van der Waals surface area contributed by atoms with Crippen LogP contribution in [0.15, 0.2) is 35.4 Å². The van der Waals surface area contributed by atoms with E-state index < -0.39 is 34.3 Å². The van der Waals surface area contributed by atoms with Crippen molar-refractivity contribution in [3.63, 3.8) is 0 Å². The van der Waals surface area contributed by atoms with Crippen molar-refractivity contribution < 1.29 is 27.9 Å². The van der Waals surface area contributed by atoms with Gasteiger partial charge in [-0.05, 0) is 24.3 Å². The van der Waals surface area contributed by atoms with E-state index in [0.29, 0.717) is 16.3 Å². The molecule has 0 spiro atoms. The van der Waals surface area contributed by atoms with E-state index >= 15 is 0 Å². The number of carbonyl (C=O) groups excluding carboxylic acids is 1. The SMILES string of the molecule is COC(=O)n1ncc2c1CC1CN(C(=O)O)CC2N1S(=O)(=O)c1ccc(Cl)cc1. The van der Waals surface area contributed by atoms with Crippen molar-refractivity contribution in [2.75, 3.05) is 20.2 Å². The van der Waals surface area contributed by atoms with E-state index in [4.69, 9.17) is 16.3 Å². The molecule has 10 nitrogen and oxygen atoms in total. The topological polar surface area (TPSA) is 122 Å². The predicted molar refractivity (Wildman–Crippen MR) is 100 cm³/mol. The molecule has 1 fully saturated rings. The van der Waals surface area contributed by atoms with Crippen LogP contribution in [0, 0.1) is 0 Å². The van der Waals surface area contributed by atoms with Gasteiger partial charge in [-0.3, -0.25) is 0 Å². The molecule has 4 rings (SSSR count). The Labute approximate surface area is 171 Å². The fourth-order valence-corrected chi connectivity index (χ4v) is 5.83. The van der Waals surface area contributed by atoms with Crippen molar-refractivity contribution >= 4 is 33.8 Å². The number of amides is 1. The lowest BCUT2D eigenvalue weighted by molar-refractivity contribution is 0.0669. The zero-order valence-electron chi connectivity index (χ0n) is 15.2. The third kappa shape index (κ3) is 3.15. The minimum Gasteiger partial charge on any atom is -0.465 e. The molecule has 1 aromatic heterocycles. The number of hydrogen-bond donors (Lipinski definition) is 1. The average molecular weight is 441 g/mol. The van der Waals surface area contributed by atoms with Gasteiger partial charge < -0.3 is 14.7 Å². The van der Waals surface area contributed by atoms with E-state index in [-0.39, 0.29) is 24.4 Å². The number of sulfonamides is 1. The number of fused-ring (bicyclic) bond motifs is 4. The highest BCUT2D eigenvalue weighted by molar-refractivity contribution is 7.89. The Morgan fingerprint density at radius 1 is 1.24 bits per heavy atom. The average Bonchev–Trinajstić information content (AvgIpc) is 3.10. The van der Waals surface area contributed by atoms with E-state index in [1.807, 2.05) is 0 Å². The van der Waals surface area contributed by atoms with E-state index in [2.05, 4.69) is 5.10 Å². The molecule has 2 atom stereocenters. The van der Waals surface area contributed by atoms with Gasteiger partial charge >= 0.3 is 12.2 Å². The molecule has 12 heteroatoms. The molecular formula is C17H17ClN4O6S. The Kier molecular flexibility index (Phi) is 4.75. The van der Waals surface area contributed by atoms with Crippen LogP contribution in [-0.2, 0) is 21.2 Å². The molecule has 1 aromatic carbocycles. The summed E-state index contributed by atoms with van der Waals surface area (Å²) in [6.07, 6.45) is -0.304. The molecule has 0 radical (unpaired) electrons. The molecule has 0 saturated carbocycles. The normalized spacial score (nSPS) is 21.5. The Morgan fingerprint density at radius 3 is 2.55 bits per heavy atom. The molecule has 29 heavy (non-hydrogen) atoms. The van der Waals surface area contributed by atoms with E-state index in [0.717, 1.165) is 4.68 Å². The maximum absolute atomic E-state index is 13.4. The predicted octanol–water partition coefficient (Wildman–Crippen LogP) is 1.80. The fourth-order valence-electron chi connectivity index (χ4n) is 3.93. The van der Waals surface area contributed by atoms with Gasteiger partial charge in [-0.1, -0.05) is 11.6 Å². The van der Waals surface area contributed by atoms with Gasteiger partial charge in [-0.15, -0.1) is 0 Å². The lowest BCUT2D eigenvalue weighted by Gasteiger charge is -2.47. The van der Waals surface area contributed by atoms with Crippen molar-refractivity contribution in [3.05, 3.63) is 46.7 Å². The summed E-state index contributed by atoms with van der Waals surface area (Å²) in [5, 5.41) is 13.9. The van der Waals surface area contributed by atoms with Gasteiger partial charge in [0.25, 0.3) is 0 Å². The Bertz CT molecular complexity index is 1080. The van der Waals surface area contributed by atoms with Crippen LogP contribution >= 0.6 is 11.6 Å². The third-order valence-corrected chi connectivity index (χ3v) is 7.42. The molecule has 2 aromatic rings. The van der Waals surface area contributed by atoms with Crippen LogP contribution in [0.1, 0.15) is 17.3 Å². The highest BCUT2D eigenvalue weighted by atomic mass is 35.5. The molecule has 2 unspecified atom stereocenters. The second-order valence-electron chi connectivity index (χ2n) is 6.78. The highest BCUT2D eigenvalue weighted by Gasteiger charge is 2.49. The Balaban J connectivity index is 1.82. The molecule has 1 saturated heterocycles. The van der Waals surface area contributed by atoms with Crippen LogP contribution in [0.3, 0.4) is 0 Å². The van der Waals surface area contributed by atoms with Crippen molar-refractivity contribution in [1.29, 1.82) is 0 Å². The van der Waals surface area contributed by atoms with Crippen molar-refractivity contribution in [1.82, 2.24) is 19.0 Å². The van der Waals surface area contributed by atoms with Gasteiger partial charge in [0.05, 0.1) is 29.9 Å². The molecule has 2 aliphatic heterocycles. The lowest BCUT2D eigenvalue weighted by atomic mass is 9.92. The van der Waals surface area contributed by atoms with Crippen LogP contribution < -0.4 is 0 Å². The third-order valence-electron chi connectivity index (χ3n) is 5.19. The van der Waals surface area contributed by atoms with Gasteiger partial charge in [0.2, 0.25) is 10.0 Å². The molecular weight excluding hydrogens is 424 g/mol. The van der Waals surface area contributed by atoms with Crippen LogP contribution in [-0.4, -0.2) is 70.9 Å². The second-order valence-corrected chi connectivity index (χ2v) is 9.06. The van der Waals surface area contributed by atoms with Crippen LogP contribution in [0.4, 0.5) is 9.59 Å². The van der Waals surface area contributed by atoms with Crippen molar-refractivity contribution in [2.45, 2.75) is 23.4 Å². The van der Waals surface area contributed by atoms with Crippen molar-refractivity contribution in [2.24, 2.45) is 0 Å². The molecule has 0 aliphatic carbocycles. The number of hydrogen-bond acceptors (Lipinski definition) is 6. The summed E-state index contributed by atoms with van der Waals surface area (Å²) in [7, 11) is -2.72. The number of ether oxygens (including phenoxy) is 1. The van der Waals surface area contributed by atoms with Gasteiger partial charge in [-0.2, -0.15) is 14.1 Å². The number of nitrogens with zero attached hydrogens (tertiary/aromatic N) is 4. The number of aromatic nitrogens is 2. The van der Waals surface area contributed by atoms with Gasteiger partial charge in [0.1, 0.15) is 0 Å². The number of piperazine rings is 1. The summed E-state index contributed by atoms with van der Waals surface area (Å²) in [6.45, 7) is -0.0943. The van der Waals surface area contributed by atoms with E-state index in [9.17, 15) is 23.1 Å². The number of carboxylic acid groups (broad SMARTS) is 1. The maximum Gasteiger partial charge on any atom is 0.434 e. The van der Waals surface area contributed by atoms with Crippen molar-refractivity contribution in [3.8, 4) is 0 Å². The van der Waals surface area contributed by atoms with Crippen LogP contribution in [0.5, 0.6) is 0 Å². The maximum atomic E-state index is 13.4. The van der Waals surface area contributed by atoms with Gasteiger partial charge in [0, 0.05) is 36.1 Å². The van der Waals surface area contributed by atoms with E-state index in [1.54, 1.807) is 0 Å². The first-order valence-electron chi connectivity index (χ1n) is 8.66. The fraction of sp³-hybridized carbons (Fsp3) is 0.353. The zero-order chi connectivity index (χ0) is 20.9. The summed E-state index contributed by atoms with van der Waals surface area (Å²) < 4.78 is 33.9. The number of benzene rings is 1. The number of halogens is 1. The summed E-state index contributed by atoms with van der Waals surface area (Å²) in [6, 6.07) is 4.29. The summed E-state index contributed by atoms with van der Waals surface area (Å²) >= 11 is 5.88. The Morgan fingerprint density at radius 2 is 1.93 bits per heavy atom. The largest absolute Gasteiger partial charge is 0.465 e. The molecule has 1 amide bonds. The number of rotatable bonds is 2. The Hall–Kier alpha value is -2.63. The summed E-state index contributed by atoms with van der Waals surface area (Å²) in [4.78, 5) is 24.8. The monoisotopic (exact) mass is 440 g/mol. The lowest BCUT2D eigenvalue weighted by Crippen LogP contribution is -2.60. The molecule has 2 bridgehead atoms. The highest BCUT2D eigenvalue weighted by Crippen LogP contribution is 2.41. The minimum atomic E-state index is -3.94. The molecule has 1 N–H and O–H groups in total. The van der Waals surface area contributed by atoms with Gasteiger partial charge in [-0.25, -0.2) is 18.0 Å². The zero-order valence-corrected chi connectivity index (χ0v) is 16.8. The minimum absolute atomic E-state index is 0.0234. The molecule has 2 aliphatic rings. The molecule has 3 heterocycles. The second kappa shape index (κ2) is 7.01. The first kappa shape index (κ1) is 19.7. The quantitative estimate of drug-likeness (QED) is 0.755. The first-order chi connectivity index (χ1) is 13.7. The number of carbonyl (C=O) groups is 2. The summed E-state index contributed by atoms with van der Waals surface area (Å²) in [5.74, 6) is 0. The van der Waals surface area contributed by atoms with Crippen LogP contribution in [0.2, 0.25) is 5.02 Å². The van der Waals surface area contributed by atoms with E-state index in [1.165, 1.54) is 46.8 Å². The summed E-state index contributed by atoms with van der Waals surface area (Å²) in [5.41, 5.74) is 1.01. The smallest absolute Gasteiger partial charge is 0.434 e. The first-order valence-corrected chi connectivity index (χ1v) is 10.5. The number of methoxy groups -OCH3 is 1. The standard InChI is InChI=1S/C17H17ClN4O6S/c1-28-17(25)21-14-6-11-8-20(16(23)24)9-15(13(14)7-19-21)22(11)29(26,27)12-4-2-10(18)3-5-12/h2-5,7,11,15H,6,8-9H2,1H3,(H,23,24).